The second-order valence-corrected chi connectivity index (χ2v) is 6.72. The fourth-order valence-corrected chi connectivity index (χ4v) is 2.50. The van der Waals surface area contributed by atoms with E-state index in [-0.39, 0.29) is 12.4 Å². The molecular formula is C21H32N4O6. The third-order valence-corrected chi connectivity index (χ3v) is 4.06. The summed E-state index contributed by atoms with van der Waals surface area (Å²) in [5, 5.41) is 8.13. The van der Waals surface area contributed by atoms with Crippen molar-refractivity contribution in [1.82, 2.24) is 16.0 Å². The number of rotatable bonds is 1. The second kappa shape index (κ2) is 16.9. The van der Waals surface area contributed by atoms with Crippen LogP contribution in [0.5, 0.6) is 0 Å². The average molecular weight is 437 g/mol. The molecule has 0 saturated carbocycles. The van der Waals surface area contributed by atoms with Gasteiger partial charge in [-0.25, -0.2) is 4.79 Å². The molecule has 0 radical (unpaired) electrons. The first-order valence-corrected chi connectivity index (χ1v) is 10.4. The van der Waals surface area contributed by atoms with Crippen molar-refractivity contribution in [2.45, 2.75) is 38.3 Å². The van der Waals surface area contributed by atoms with Crippen molar-refractivity contribution in [2.75, 3.05) is 32.8 Å². The monoisotopic (exact) mass is 436 g/mol. The zero-order valence-electron chi connectivity index (χ0n) is 17.6. The molecule has 0 aromatic carbocycles. The molecule has 3 amide bonds. The second-order valence-electron chi connectivity index (χ2n) is 6.72. The van der Waals surface area contributed by atoms with Crippen molar-refractivity contribution in [3.63, 3.8) is 0 Å². The van der Waals surface area contributed by atoms with Crippen LogP contribution < -0.4 is 21.7 Å². The molecule has 1 aliphatic rings. The molecule has 10 nitrogen and oxygen atoms in total. The van der Waals surface area contributed by atoms with Gasteiger partial charge in [0.15, 0.2) is 12.0 Å². The summed E-state index contributed by atoms with van der Waals surface area (Å²) in [6, 6.07) is 0. The van der Waals surface area contributed by atoms with Crippen LogP contribution in [-0.2, 0) is 23.9 Å². The van der Waals surface area contributed by atoms with E-state index in [2.05, 4.69) is 16.0 Å². The number of alkyl carbamates (subject to hydrolysis) is 1. The fourth-order valence-electron chi connectivity index (χ4n) is 2.50. The smallest absolute Gasteiger partial charge is 0.414 e. The Kier molecular flexibility index (Phi) is 14.3. The van der Waals surface area contributed by atoms with Crippen molar-refractivity contribution < 1.29 is 28.7 Å². The zero-order chi connectivity index (χ0) is 22.7. The lowest BCUT2D eigenvalue weighted by atomic mass is 10.1. The first-order valence-electron chi connectivity index (χ1n) is 10.4. The number of carbonyl (C=O) groups is 4. The Morgan fingerprint density at radius 3 is 2.45 bits per heavy atom. The number of allylic oxidation sites excluding steroid dienone is 5. The predicted molar refractivity (Wildman–Crippen MR) is 115 cm³/mol. The van der Waals surface area contributed by atoms with E-state index >= 15 is 0 Å². The normalized spacial score (nSPS) is 22.1. The van der Waals surface area contributed by atoms with Gasteiger partial charge in [-0.05, 0) is 31.9 Å². The third kappa shape index (κ3) is 14.8. The number of ether oxygens (including phenoxy) is 2. The predicted octanol–water partition coefficient (Wildman–Crippen LogP) is 0.448. The summed E-state index contributed by atoms with van der Waals surface area (Å²) in [4.78, 5) is 46.4. The molecule has 1 rings (SSSR count). The highest BCUT2D eigenvalue weighted by atomic mass is 16.5. The summed E-state index contributed by atoms with van der Waals surface area (Å²) in [7, 11) is 0. The molecule has 0 spiro atoms. The lowest BCUT2D eigenvalue weighted by molar-refractivity contribution is -0.131. The summed E-state index contributed by atoms with van der Waals surface area (Å²) in [5.74, 6) is -1.20. The molecule has 0 saturated heterocycles. The molecular weight excluding hydrogens is 404 g/mol. The molecule has 0 bridgehead atoms. The van der Waals surface area contributed by atoms with E-state index < -0.39 is 24.1 Å². The van der Waals surface area contributed by atoms with Gasteiger partial charge in [-0.1, -0.05) is 30.7 Å². The van der Waals surface area contributed by atoms with Crippen LogP contribution in [0, 0.1) is 0 Å². The number of primary amides is 1. The van der Waals surface area contributed by atoms with Crippen LogP contribution in [0.3, 0.4) is 0 Å². The Bertz CT molecular complexity index is 675. The quantitative estimate of drug-likeness (QED) is 0.463. The molecule has 1 unspecified atom stereocenters. The number of amides is 3. The molecule has 1 aliphatic heterocycles. The van der Waals surface area contributed by atoms with Crippen molar-refractivity contribution in [1.29, 1.82) is 0 Å². The summed E-state index contributed by atoms with van der Waals surface area (Å²) < 4.78 is 10.4. The lowest BCUT2D eigenvalue weighted by Crippen LogP contribution is -2.45. The maximum atomic E-state index is 11.8. The maximum absolute atomic E-state index is 11.8. The average Bonchev–Trinajstić information content (AvgIpc) is 2.72. The number of hydrogen-bond donors (Lipinski definition) is 4. The SMILES string of the molecule is NC(=O)C1NCCNCCCOC(=O)NC(=O)C=CC=CC=CC(=O)CCCCCO1. The molecule has 172 valence electrons. The number of ketones is 1. The Morgan fingerprint density at radius 1 is 0.903 bits per heavy atom. The lowest BCUT2D eigenvalue weighted by Gasteiger charge is -2.16. The van der Waals surface area contributed by atoms with Crippen LogP contribution in [0.25, 0.3) is 0 Å². The highest BCUT2D eigenvalue weighted by molar-refractivity contribution is 5.98. The van der Waals surface area contributed by atoms with Gasteiger partial charge in [0.05, 0.1) is 6.61 Å². The van der Waals surface area contributed by atoms with Gasteiger partial charge in [0.2, 0.25) is 0 Å². The largest absolute Gasteiger partial charge is 0.449 e. The number of hydrogen-bond acceptors (Lipinski definition) is 8. The Labute approximate surface area is 182 Å². The molecule has 1 atom stereocenters. The molecule has 0 fully saturated rings. The minimum absolute atomic E-state index is 0.00950. The molecule has 0 aromatic rings. The van der Waals surface area contributed by atoms with Crippen LogP contribution in [0.4, 0.5) is 4.79 Å². The van der Waals surface area contributed by atoms with Crippen molar-refractivity contribution >= 4 is 23.7 Å². The molecule has 0 aromatic heterocycles. The van der Waals surface area contributed by atoms with E-state index in [1.165, 1.54) is 18.2 Å². The fraction of sp³-hybridized carbons (Fsp3) is 0.524. The summed E-state index contributed by atoms with van der Waals surface area (Å²) in [5.41, 5.74) is 5.34. The van der Waals surface area contributed by atoms with E-state index in [4.69, 9.17) is 15.2 Å². The number of nitrogens with two attached hydrogens (primary N) is 1. The summed E-state index contributed by atoms with van der Waals surface area (Å²) >= 11 is 0. The number of imide groups is 1. The first kappa shape index (κ1) is 26.2. The zero-order valence-corrected chi connectivity index (χ0v) is 17.6. The van der Waals surface area contributed by atoms with Crippen LogP contribution in [0.2, 0.25) is 0 Å². The number of carbonyl (C=O) groups excluding carboxylic acids is 4. The Morgan fingerprint density at radius 2 is 1.68 bits per heavy atom. The van der Waals surface area contributed by atoms with Crippen LogP contribution >= 0.6 is 0 Å². The van der Waals surface area contributed by atoms with Crippen LogP contribution in [0.1, 0.15) is 32.1 Å². The minimum atomic E-state index is -0.870. The molecule has 5 N–H and O–H groups in total. The topological polar surface area (TPSA) is 149 Å². The van der Waals surface area contributed by atoms with E-state index in [1.807, 2.05) is 0 Å². The van der Waals surface area contributed by atoms with E-state index in [1.54, 1.807) is 18.2 Å². The minimum Gasteiger partial charge on any atom is -0.449 e. The van der Waals surface area contributed by atoms with E-state index in [0.717, 1.165) is 6.42 Å². The van der Waals surface area contributed by atoms with Gasteiger partial charge in [0.25, 0.3) is 11.8 Å². The van der Waals surface area contributed by atoms with Crippen molar-refractivity contribution in [2.24, 2.45) is 5.73 Å². The highest BCUT2D eigenvalue weighted by Gasteiger charge is 2.14. The molecule has 31 heavy (non-hydrogen) atoms. The molecule has 0 aliphatic carbocycles. The van der Waals surface area contributed by atoms with Crippen molar-refractivity contribution in [3.05, 3.63) is 36.5 Å². The summed E-state index contributed by atoms with van der Waals surface area (Å²) in [6.07, 6.45) is 10.4. The highest BCUT2D eigenvalue weighted by Crippen LogP contribution is 2.03. The van der Waals surface area contributed by atoms with Gasteiger partial charge in [0, 0.05) is 32.2 Å². The number of cyclic esters (lactones) is 1. The first-order chi connectivity index (χ1) is 15.0. The van der Waals surface area contributed by atoms with Gasteiger partial charge >= 0.3 is 6.09 Å². The standard InChI is InChI=1S/C21H32N4O6/c22-19(28)20-24-14-13-23-12-8-16-31-21(29)25-18(27)11-6-2-1-4-9-17(26)10-5-3-7-15-30-20/h1-2,4,6,9,11,20,23-24H,3,5,7-8,10,12-16H2,(H2,22,28)(H,25,27,29). The molecule has 10 heteroatoms. The Hall–Kier alpha value is -2.82. The van der Waals surface area contributed by atoms with Gasteiger partial charge < -0.3 is 20.5 Å². The van der Waals surface area contributed by atoms with Crippen LogP contribution in [-0.4, -0.2) is 62.8 Å². The maximum Gasteiger partial charge on any atom is 0.414 e. The van der Waals surface area contributed by atoms with Crippen LogP contribution in [0.15, 0.2) is 36.5 Å². The summed E-state index contributed by atoms with van der Waals surface area (Å²) in [6.45, 7) is 2.12. The van der Waals surface area contributed by atoms with Gasteiger partial charge in [-0.15, -0.1) is 0 Å². The van der Waals surface area contributed by atoms with Gasteiger partial charge in [-0.3, -0.25) is 25.0 Å². The molecule has 1 heterocycles. The van der Waals surface area contributed by atoms with E-state index in [0.29, 0.717) is 51.9 Å². The van der Waals surface area contributed by atoms with Gasteiger partial charge in [-0.2, -0.15) is 0 Å². The van der Waals surface area contributed by atoms with E-state index in [9.17, 15) is 19.2 Å². The van der Waals surface area contributed by atoms with Gasteiger partial charge in [0.1, 0.15) is 0 Å². The number of nitrogens with one attached hydrogen (secondary N) is 3. The Balaban J connectivity index is 2.52. The van der Waals surface area contributed by atoms with Crippen molar-refractivity contribution in [3.8, 4) is 0 Å². The third-order valence-electron chi connectivity index (χ3n) is 4.06.